The van der Waals surface area contributed by atoms with Crippen LogP contribution < -0.4 is 5.32 Å². The molecular formula is C17H20N6O. The molecule has 7 heteroatoms. The van der Waals surface area contributed by atoms with Crippen molar-refractivity contribution in [2.24, 2.45) is 7.05 Å². The van der Waals surface area contributed by atoms with Crippen LogP contribution in [0.25, 0.3) is 11.4 Å². The Morgan fingerprint density at radius 1 is 1.21 bits per heavy atom. The molecule has 0 unspecified atom stereocenters. The van der Waals surface area contributed by atoms with E-state index in [0.717, 1.165) is 34.9 Å². The maximum absolute atomic E-state index is 12.3. The number of nitrogens with zero attached hydrogens (tertiary/aromatic N) is 5. The fraction of sp³-hybridized carbons (Fsp3) is 0.294. The summed E-state index contributed by atoms with van der Waals surface area (Å²) in [5.74, 6) is 0.612. The minimum atomic E-state index is -0.136. The number of hydrogen-bond donors (Lipinski definition) is 1. The van der Waals surface area contributed by atoms with Gasteiger partial charge in [-0.3, -0.25) is 19.1 Å². The lowest BCUT2D eigenvalue weighted by Gasteiger charge is -2.08. The van der Waals surface area contributed by atoms with E-state index in [1.165, 1.54) is 0 Å². The van der Waals surface area contributed by atoms with Gasteiger partial charge >= 0.3 is 0 Å². The van der Waals surface area contributed by atoms with Crippen molar-refractivity contribution in [2.45, 2.75) is 26.8 Å². The van der Waals surface area contributed by atoms with Gasteiger partial charge in [-0.25, -0.2) is 0 Å². The van der Waals surface area contributed by atoms with Gasteiger partial charge in [0, 0.05) is 25.0 Å². The first-order valence-electron chi connectivity index (χ1n) is 7.85. The van der Waals surface area contributed by atoms with Crippen LogP contribution >= 0.6 is 0 Å². The molecule has 3 rings (SSSR count). The van der Waals surface area contributed by atoms with Crippen molar-refractivity contribution in [3.05, 3.63) is 47.9 Å². The van der Waals surface area contributed by atoms with Gasteiger partial charge in [0.25, 0.3) is 0 Å². The number of carbonyl (C=O) groups is 1. The molecule has 0 atom stereocenters. The second kappa shape index (κ2) is 6.66. The molecule has 0 fully saturated rings. The molecule has 0 aliphatic heterocycles. The van der Waals surface area contributed by atoms with Gasteiger partial charge in [-0.1, -0.05) is 13.0 Å². The highest BCUT2D eigenvalue weighted by molar-refractivity contribution is 5.90. The van der Waals surface area contributed by atoms with Crippen molar-refractivity contribution < 1.29 is 4.79 Å². The number of aryl methyl sites for hydroxylation is 2. The minimum Gasteiger partial charge on any atom is -0.309 e. The second-order valence-electron chi connectivity index (χ2n) is 5.55. The average molecular weight is 324 g/mol. The summed E-state index contributed by atoms with van der Waals surface area (Å²) in [5.41, 5.74) is 3.52. The lowest BCUT2D eigenvalue weighted by molar-refractivity contribution is -0.116. The molecule has 0 aromatic carbocycles. The first kappa shape index (κ1) is 15.9. The van der Waals surface area contributed by atoms with E-state index in [1.807, 2.05) is 45.2 Å². The maximum Gasteiger partial charge on any atom is 0.247 e. The van der Waals surface area contributed by atoms with E-state index in [-0.39, 0.29) is 12.5 Å². The molecule has 0 spiro atoms. The molecule has 0 aliphatic rings. The van der Waals surface area contributed by atoms with Crippen molar-refractivity contribution in [1.29, 1.82) is 0 Å². The van der Waals surface area contributed by atoms with E-state index in [1.54, 1.807) is 21.8 Å². The molecule has 3 aromatic rings. The predicted octanol–water partition coefficient (Wildman–Crippen LogP) is 2.19. The molecule has 124 valence electrons. The number of rotatable bonds is 5. The largest absolute Gasteiger partial charge is 0.309 e. The molecule has 1 N–H and O–H groups in total. The Hall–Kier alpha value is -2.96. The zero-order valence-electron chi connectivity index (χ0n) is 14.0. The van der Waals surface area contributed by atoms with Gasteiger partial charge in [0.2, 0.25) is 5.91 Å². The van der Waals surface area contributed by atoms with Crippen LogP contribution in [0, 0.1) is 6.92 Å². The van der Waals surface area contributed by atoms with Crippen molar-refractivity contribution in [3.63, 3.8) is 0 Å². The zero-order chi connectivity index (χ0) is 17.1. The van der Waals surface area contributed by atoms with E-state index in [4.69, 9.17) is 0 Å². The molecule has 0 aliphatic carbocycles. The normalized spacial score (nSPS) is 10.8. The van der Waals surface area contributed by atoms with Crippen LogP contribution in [0.3, 0.4) is 0 Å². The quantitative estimate of drug-likeness (QED) is 0.780. The smallest absolute Gasteiger partial charge is 0.247 e. The first-order chi connectivity index (χ1) is 11.6. The number of pyridine rings is 1. The SMILES string of the molecule is CCc1c(C)nn(C)c1NC(=O)Cn1ccc(-c2ccccn2)n1. The highest BCUT2D eigenvalue weighted by Gasteiger charge is 2.15. The second-order valence-corrected chi connectivity index (χ2v) is 5.55. The highest BCUT2D eigenvalue weighted by Crippen LogP contribution is 2.19. The Balaban J connectivity index is 1.71. The number of hydrogen-bond acceptors (Lipinski definition) is 4. The van der Waals surface area contributed by atoms with E-state index < -0.39 is 0 Å². The van der Waals surface area contributed by atoms with Gasteiger partial charge < -0.3 is 5.32 Å². The van der Waals surface area contributed by atoms with Crippen molar-refractivity contribution in [3.8, 4) is 11.4 Å². The summed E-state index contributed by atoms with van der Waals surface area (Å²) in [4.78, 5) is 16.6. The van der Waals surface area contributed by atoms with Gasteiger partial charge in [0.05, 0.1) is 11.4 Å². The summed E-state index contributed by atoms with van der Waals surface area (Å²) in [6.07, 6.45) is 4.32. The van der Waals surface area contributed by atoms with E-state index >= 15 is 0 Å². The number of aromatic nitrogens is 5. The van der Waals surface area contributed by atoms with Gasteiger partial charge in [-0.05, 0) is 31.5 Å². The Morgan fingerprint density at radius 2 is 2.04 bits per heavy atom. The predicted molar refractivity (Wildman–Crippen MR) is 91.4 cm³/mol. The molecule has 3 aromatic heterocycles. The molecular weight excluding hydrogens is 304 g/mol. The Morgan fingerprint density at radius 3 is 2.75 bits per heavy atom. The summed E-state index contributed by atoms with van der Waals surface area (Å²) in [5, 5.41) is 11.7. The lowest BCUT2D eigenvalue weighted by atomic mass is 10.2. The number of amides is 1. The van der Waals surface area contributed by atoms with Gasteiger partial charge in [0.15, 0.2) is 0 Å². The number of carbonyl (C=O) groups excluding carboxylic acids is 1. The minimum absolute atomic E-state index is 0.136. The fourth-order valence-electron chi connectivity index (χ4n) is 2.70. The van der Waals surface area contributed by atoms with E-state index in [2.05, 4.69) is 20.5 Å². The molecule has 1 amide bonds. The number of nitrogens with one attached hydrogen (secondary N) is 1. The molecule has 7 nitrogen and oxygen atoms in total. The summed E-state index contributed by atoms with van der Waals surface area (Å²) in [6, 6.07) is 7.50. The third kappa shape index (κ3) is 3.19. The monoisotopic (exact) mass is 324 g/mol. The Labute approximate surface area is 140 Å². The molecule has 24 heavy (non-hydrogen) atoms. The van der Waals surface area contributed by atoms with Crippen LogP contribution in [-0.4, -0.2) is 30.5 Å². The summed E-state index contributed by atoms with van der Waals surface area (Å²) in [6.45, 7) is 4.13. The van der Waals surface area contributed by atoms with Crippen LogP contribution in [0.1, 0.15) is 18.2 Å². The molecule has 0 radical (unpaired) electrons. The summed E-state index contributed by atoms with van der Waals surface area (Å²) >= 11 is 0. The number of anilines is 1. The first-order valence-corrected chi connectivity index (χ1v) is 7.85. The molecule has 0 bridgehead atoms. The van der Waals surface area contributed by atoms with Crippen LogP contribution in [0.15, 0.2) is 36.7 Å². The van der Waals surface area contributed by atoms with Gasteiger partial charge in [0.1, 0.15) is 18.1 Å². The standard InChI is InChI=1S/C17H20N6O/c1-4-13-12(2)20-22(3)17(13)19-16(24)11-23-10-8-15(21-23)14-7-5-6-9-18-14/h5-10H,4,11H2,1-3H3,(H,19,24). The van der Waals surface area contributed by atoms with Crippen LogP contribution in [0.2, 0.25) is 0 Å². The molecule has 0 saturated carbocycles. The highest BCUT2D eigenvalue weighted by atomic mass is 16.2. The summed E-state index contributed by atoms with van der Waals surface area (Å²) < 4.78 is 3.31. The van der Waals surface area contributed by atoms with Gasteiger partial charge in [-0.15, -0.1) is 0 Å². The van der Waals surface area contributed by atoms with E-state index in [9.17, 15) is 4.79 Å². The fourth-order valence-corrected chi connectivity index (χ4v) is 2.70. The van der Waals surface area contributed by atoms with Gasteiger partial charge in [-0.2, -0.15) is 10.2 Å². The third-order valence-electron chi connectivity index (χ3n) is 3.83. The lowest BCUT2D eigenvalue weighted by Crippen LogP contribution is -2.21. The Kier molecular flexibility index (Phi) is 4.41. The van der Waals surface area contributed by atoms with Crippen LogP contribution in [0.4, 0.5) is 5.82 Å². The zero-order valence-corrected chi connectivity index (χ0v) is 14.0. The van der Waals surface area contributed by atoms with E-state index in [0.29, 0.717) is 0 Å². The molecule has 0 saturated heterocycles. The van der Waals surface area contributed by atoms with Crippen LogP contribution in [0.5, 0.6) is 0 Å². The molecule has 3 heterocycles. The third-order valence-corrected chi connectivity index (χ3v) is 3.83. The topological polar surface area (TPSA) is 77.6 Å². The van der Waals surface area contributed by atoms with Crippen molar-refractivity contribution >= 4 is 11.7 Å². The van der Waals surface area contributed by atoms with Crippen LogP contribution in [-0.2, 0) is 24.8 Å². The summed E-state index contributed by atoms with van der Waals surface area (Å²) in [7, 11) is 1.83. The maximum atomic E-state index is 12.3. The average Bonchev–Trinajstić information content (AvgIpc) is 3.13. The Bertz CT molecular complexity index is 849. The van der Waals surface area contributed by atoms with Crippen molar-refractivity contribution in [2.75, 3.05) is 5.32 Å². The van der Waals surface area contributed by atoms with Crippen molar-refractivity contribution in [1.82, 2.24) is 24.5 Å².